The lowest BCUT2D eigenvalue weighted by Crippen LogP contribution is -2.44. The number of carbonyl (C=O) groups is 1. The Bertz CT molecular complexity index is 963. The monoisotopic (exact) mass is 472 g/mol. The largest absolute Gasteiger partial charge is 0.300 e. The van der Waals surface area contributed by atoms with E-state index < -0.39 is 15.9 Å². The number of benzene rings is 1. The Kier molecular flexibility index (Phi) is 7.69. The number of amides is 1. The van der Waals surface area contributed by atoms with Crippen molar-refractivity contribution in [2.45, 2.75) is 22.9 Å². The molecule has 1 atom stereocenters. The van der Waals surface area contributed by atoms with Crippen molar-refractivity contribution < 1.29 is 13.2 Å². The van der Waals surface area contributed by atoms with Crippen LogP contribution in [0.4, 0.5) is 5.13 Å². The second-order valence-electron chi connectivity index (χ2n) is 6.54. The summed E-state index contributed by atoms with van der Waals surface area (Å²) in [7, 11) is -3.52. The number of aromatic nitrogens is 2. The molecule has 1 fully saturated rings. The van der Waals surface area contributed by atoms with Crippen LogP contribution in [0.2, 0.25) is 5.02 Å². The van der Waals surface area contributed by atoms with Gasteiger partial charge >= 0.3 is 0 Å². The standard InChI is InChI=1S/C18H21ClN4O3S3/c1-2-10-27-18-22-21-17(28-18)20-16(24)14-4-3-9-23(11-14)29(25,26)12-13-5-7-15(19)8-6-13/h2,5-8,14H,1,3-4,9-12H2,(H,20,21,24). The van der Waals surface area contributed by atoms with Crippen molar-refractivity contribution in [2.24, 2.45) is 5.92 Å². The highest BCUT2D eigenvalue weighted by molar-refractivity contribution is 8.01. The lowest BCUT2D eigenvalue weighted by molar-refractivity contribution is -0.120. The number of halogens is 1. The quantitative estimate of drug-likeness (QED) is 0.358. The number of carbonyl (C=O) groups excluding carboxylic acids is 1. The van der Waals surface area contributed by atoms with Crippen LogP contribution in [0.15, 0.2) is 41.3 Å². The second-order valence-corrected chi connectivity index (χ2v) is 11.2. The summed E-state index contributed by atoms with van der Waals surface area (Å²) in [6.45, 7) is 4.24. The van der Waals surface area contributed by atoms with Gasteiger partial charge in [-0.25, -0.2) is 12.7 Å². The Morgan fingerprint density at radius 1 is 1.38 bits per heavy atom. The fourth-order valence-electron chi connectivity index (χ4n) is 2.95. The van der Waals surface area contributed by atoms with Crippen LogP contribution in [-0.2, 0) is 20.6 Å². The van der Waals surface area contributed by atoms with Gasteiger partial charge in [-0.1, -0.05) is 52.9 Å². The summed E-state index contributed by atoms with van der Waals surface area (Å²) in [6, 6.07) is 6.74. The molecule has 0 spiro atoms. The number of anilines is 1. The lowest BCUT2D eigenvalue weighted by atomic mass is 9.99. The molecule has 0 radical (unpaired) electrons. The Morgan fingerprint density at radius 2 is 2.14 bits per heavy atom. The summed E-state index contributed by atoms with van der Waals surface area (Å²) >= 11 is 8.64. The Labute approximate surface area is 183 Å². The second kappa shape index (κ2) is 10.0. The average Bonchev–Trinajstić information content (AvgIpc) is 3.15. The van der Waals surface area contributed by atoms with Crippen molar-refractivity contribution in [3.8, 4) is 0 Å². The van der Waals surface area contributed by atoms with Crippen LogP contribution in [0.25, 0.3) is 0 Å². The first-order chi connectivity index (χ1) is 13.9. The minimum absolute atomic E-state index is 0.112. The highest BCUT2D eigenvalue weighted by Crippen LogP contribution is 2.27. The van der Waals surface area contributed by atoms with Gasteiger partial charge in [0.1, 0.15) is 0 Å². The molecule has 1 saturated heterocycles. The Hall–Kier alpha value is -1.46. The first kappa shape index (κ1) is 22.2. The third kappa shape index (κ3) is 6.26. The van der Waals surface area contributed by atoms with Gasteiger partial charge < -0.3 is 5.32 Å². The molecule has 1 N–H and O–H groups in total. The first-order valence-electron chi connectivity index (χ1n) is 8.97. The zero-order valence-corrected chi connectivity index (χ0v) is 18.8. The van der Waals surface area contributed by atoms with Gasteiger partial charge in [0.15, 0.2) is 4.34 Å². The van der Waals surface area contributed by atoms with E-state index in [4.69, 9.17) is 11.6 Å². The van der Waals surface area contributed by atoms with Gasteiger partial charge in [-0.15, -0.1) is 16.8 Å². The summed E-state index contributed by atoms with van der Waals surface area (Å²) in [5.74, 6) is -0.0468. The van der Waals surface area contributed by atoms with E-state index in [1.165, 1.54) is 27.4 Å². The maximum atomic E-state index is 12.8. The number of nitrogens with zero attached hydrogens (tertiary/aromatic N) is 3. The molecule has 0 saturated carbocycles. The predicted molar refractivity (Wildman–Crippen MR) is 118 cm³/mol. The van der Waals surface area contributed by atoms with Crippen molar-refractivity contribution in [3.05, 3.63) is 47.5 Å². The molecule has 0 bridgehead atoms. The molecule has 29 heavy (non-hydrogen) atoms. The highest BCUT2D eigenvalue weighted by atomic mass is 35.5. The summed E-state index contributed by atoms with van der Waals surface area (Å²) in [4.78, 5) is 12.6. The number of thioether (sulfide) groups is 1. The molecule has 1 unspecified atom stereocenters. The lowest BCUT2D eigenvalue weighted by Gasteiger charge is -2.31. The van der Waals surface area contributed by atoms with E-state index in [2.05, 4.69) is 22.1 Å². The van der Waals surface area contributed by atoms with Gasteiger partial charge in [-0.2, -0.15) is 0 Å². The number of hydrogen-bond acceptors (Lipinski definition) is 7. The van der Waals surface area contributed by atoms with Crippen molar-refractivity contribution in [3.63, 3.8) is 0 Å². The minimum atomic E-state index is -3.52. The van der Waals surface area contributed by atoms with Gasteiger partial charge in [-0.05, 0) is 30.5 Å². The molecule has 2 heterocycles. The van der Waals surface area contributed by atoms with E-state index >= 15 is 0 Å². The highest BCUT2D eigenvalue weighted by Gasteiger charge is 2.32. The molecule has 11 heteroatoms. The smallest absolute Gasteiger partial charge is 0.230 e. The number of sulfonamides is 1. The molecule has 1 aromatic heterocycles. The number of rotatable bonds is 8. The van der Waals surface area contributed by atoms with Crippen LogP contribution in [0.1, 0.15) is 18.4 Å². The summed E-state index contributed by atoms with van der Waals surface area (Å²) in [6.07, 6.45) is 3.04. The van der Waals surface area contributed by atoms with E-state index in [0.29, 0.717) is 40.9 Å². The first-order valence-corrected chi connectivity index (χ1v) is 12.8. The van der Waals surface area contributed by atoms with Crippen molar-refractivity contribution in [1.82, 2.24) is 14.5 Å². The van der Waals surface area contributed by atoms with Gasteiger partial charge in [0.2, 0.25) is 21.1 Å². The van der Waals surface area contributed by atoms with Gasteiger partial charge in [-0.3, -0.25) is 4.79 Å². The zero-order valence-electron chi connectivity index (χ0n) is 15.6. The third-order valence-electron chi connectivity index (χ3n) is 4.37. The van der Waals surface area contributed by atoms with Gasteiger partial charge in [0.05, 0.1) is 11.7 Å². The molecule has 0 aliphatic carbocycles. The van der Waals surface area contributed by atoms with E-state index in [1.54, 1.807) is 30.3 Å². The molecule has 1 aliphatic rings. The third-order valence-corrected chi connectivity index (χ3v) is 8.41. The maximum absolute atomic E-state index is 12.8. The molecule has 1 amide bonds. The van der Waals surface area contributed by atoms with E-state index in [1.807, 2.05) is 0 Å². The molecule has 1 aromatic carbocycles. The summed E-state index contributed by atoms with van der Waals surface area (Å²) in [5, 5.41) is 11.7. The van der Waals surface area contributed by atoms with Crippen molar-refractivity contribution >= 4 is 55.8 Å². The van der Waals surface area contributed by atoms with Crippen LogP contribution in [0.3, 0.4) is 0 Å². The molecule has 3 rings (SSSR count). The van der Waals surface area contributed by atoms with Crippen LogP contribution in [-0.4, -0.2) is 47.7 Å². The number of piperidine rings is 1. The zero-order chi connectivity index (χ0) is 20.9. The molecular weight excluding hydrogens is 452 g/mol. The van der Waals surface area contributed by atoms with Crippen molar-refractivity contribution in [1.29, 1.82) is 0 Å². The molecule has 7 nitrogen and oxygen atoms in total. The number of nitrogens with one attached hydrogen (secondary N) is 1. The topological polar surface area (TPSA) is 92.3 Å². The fourth-order valence-corrected chi connectivity index (χ4v) is 6.20. The summed E-state index contributed by atoms with van der Waals surface area (Å²) in [5.41, 5.74) is 0.666. The Balaban J connectivity index is 1.60. The Morgan fingerprint density at radius 3 is 2.86 bits per heavy atom. The normalized spacial score (nSPS) is 17.8. The molecule has 156 valence electrons. The SMILES string of the molecule is C=CCSc1nnc(NC(=O)C2CCCN(S(=O)(=O)Cc3ccc(Cl)cc3)C2)s1. The molecule has 2 aromatic rings. The minimum Gasteiger partial charge on any atom is -0.300 e. The van der Waals surface area contributed by atoms with Gasteiger partial charge in [0, 0.05) is 23.9 Å². The fraction of sp³-hybridized carbons (Fsp3) is 0.389. The number of hydrogen-bond donors (Lipinski definition) is 1. The van der Waals surface area contributed by atoms with Crippen LogP contribution >= 0.6 is 34.7 Å². The molecule has 1 aliphatic heterocycles. The average molecular weight is 473 g/mol. The van der Waals surface area contributed by atoms with Gasteiger partial charge in [0.25, 0.3) is 0 Å². The van der Waals surface area contributed by atoms with Crippen LogP contribution in [0.5, 0.6) is 0 Å². The summed E-state index contributed by atoms with van der Waals surface area (Å²) < 4.78 is 27.8. The maximum Gasteiger partial charge on any atom is 0.230 e. The van der Waals surface area contributed by atoms with E-state index in [0.717, 1.165) is 4.34 Å². The predicted octanol–water partition coefficient (Wildman–Crippen LogP) is 3.65. The van der Waals surface area contributed by atoms with E-state index in [9.17, 15) is 13.2 Å². The molecular formula is C18H21ClN4O3S3. The van der Waals surface area contributed by atoms with Crippen LogP contribution < -0.4 is 5.32 Å². The van der Waals surface area contributed by atoms with Crippen LogP contribution in [0, 0.1) is 5.92 Å². The van der Waals surface area contributed by atoms with Crippen molar-refractivity contribution in [2.75, 3.05) is 24.2 Å². The van der Waals surface area contributed by atoms with E-state index in [-0.39, 0.29) is 18.2 Å².